The van der Waals surface area contributed by atoms with Crippen LogP contribution in [0, 0.1) is 0 Å². The molecule has 0 fully saturated rings. The van der Waals surface area contributed by atoms with Crippen LogP contribution in [-0.4, -0.2) is 34.1 Å². The Morgan fingerprint density at radius 1 is 0.314 bits per heavy atom. The minimum absolute atomic E-state index is 0.180. The van der Waals surface area contributed by atoms with Gasteiger partial charge in [-0.1, -0.05) is 206 Å². The fraction of sp³-hybridized carbons (Fsp3) is 1.00. The summed E-state index contributed by atoms with van der Waals surface area (Å²) in [6.07, 6.45) is 27.5. The summed E-state index contributed by atoms with van der Waals surface area (Å²) in [4.78, 5) is 0. The van der Waals surface area contributed by atoms with Gasteiger partial charge in [0.15, 0.2) is 0 Å². The molecule has 0 radical (unpaired) electrons. The molecule has 0 aliphatic heterocycles. The normalized spacial score (nSPS) is 12.7. The van der Waals surface area contributed by atoms with Gasteiger partial charge in [-0.05, 0) is 24.9 Å². The van der Waals surface area contributed by atoms with Crippen molar-refractivity contribution in [3.63, 3.8) is 0 Å². The van der Waals surface area contributed by atoms with E-state index in [1.165, 1.54) is 154 Å². The predicted octanol–water partition coefficient (Wildman–Crippen LogP) is 16.9. The van der Waals surface area contributed by atoms with Crippen LogP contribution < -0.4 is 0 Å². The molecule has 0 aromatic rings. The highest BCUT2D eigenvalue weighted by Crippen LogP contribution is 2.34. The lowest BCUT2D eigenvalue weighted by molar-refractivity contribution is -0.134. The Labute approximate surface area is 313 Å². The van der Waals surface area contributed by atoms with Gasteiger partial charge in [-0.15, -0.1) is 0 Å². The molecule has 0 bridgehead atoms. The minimum atomic E-state index is -4.45. The van der Waals surface area contributed by atoms with Crippen LogP contribution in [0.1, 0.15) is 232 Å². The molecular formula is C42H82F6O2Si. The van der Waals surface area contributed by atoms with E-state index in [2.05, 4.69) is 13.8 Å². The van der Waals surface area contributed by atoms with Gasteiger partial charge in [-0.25, -0.2) is 0 Å². The summed E-state index contributed by atoms with van der Waals surface area (Å²) in [5, 5.41) is 0. The van der Waals surface area contributed by atoms with Crippen molar-refractivity contribution in [1.82, 2.24) is 0 Å². The van der Waals surface area contributed by atoms with E-state index in [0.717, 1.165) is 38.5 Å². The summed E-state index contributed by atoms with van der Waals surface area (Å²) in [6.45, 7) is 4.85. The number of hydrogen-bond donors (Lipinski definition) is 0. The summed E-state index contributed by atoms with van der Waals surface area (Å²) in [5.41, 5.74) is 0. The van der Waals surface area contributed by atoms with Crippen molar-refractivity contribution in [2.45, 2.75) is 257 Å². The third kappa shape index (κ3) is 39.2. The van der Waals surface area contributed by atoms with Crippen LogP contribution in [0.25, 0.3) is 0 Å². The van der Waals surface area contributed by atoms with Crippen molar-refractivity contribution in [2.24, 2.45) is 0 Å². The maximum Gasteiger partial charge on any atom is 0.389 e. The van der Waals surface area contributed by atoms with E-state index < -0.39 is 45.8 Å². The van der Waals surface area contributed by atoms with Crippen LogP contribution in [0.2, 0.25) is 12.1 Å². The molecule has 0 amide bonds. The average Bonchev–Trinajstić information content (AvgIpc) is 3.08. The quantitative estimate of drug-likeness (QED) is 0.0352. The Bertz CT molecular complexity index is 646. The Morgan fingerprint density at radius 3 is 0.706 bits per heavy atom. The fourth-order valence-corrected chi connectivity index (χ4v) is 10.2. The van der Waals surface area contributed by atoms with Gasteiger partial charge in [0.25, 0.3) is 0 Å². The Hall–Kier alpha value is -0.283. The zero-order valence-corrected chi connectivity index (χ0v) is 34.5. The number of rotatable bonds is 40. The average molecular weight is 761 g/mol. The molecular weight excluding hydrogens is 679 g/mol. The molecule has 0 spiro atoms. The molecule has 0 saturated carbocycles. The van der Waals surface area contributed by atoms with E-state index in [1.807, 2.05) is 0 Å². The van der Waals surface area contributed by atoms with Crippen LogP contribution in [0.3, 0.4) is 0 Å². The van der Waals surface area contributed by atoms with Gasteiger partial charge in [0.05, 0.1) is 0 Å². The molecule has 2 nitrogen and oxygen atoms in total. The van der Waals surface area contributed by atoms with E-state index >= 15 is 0 Å². The first-order chi connectivity index (χ1) is 24.5. The van der Waals surface area contributed by atoms with E-state index in [4.69, 9.17) is 8.85 Å². The van der Waals surface area contributed by atoms with Crippen LogP contribution >= 0.6 is 0 Å². The van der Waals surface area contributed by atoms with Crippen molar-refractivity contribution >= 4 is 8.56 Å². The zero-order chi connectivity index (χ0) is 37.8. The topological polar surface area (TPSA) is 18.5 Å². The predicted molar refractivity (Wildman–Crippen MR) is 208 cm³/mol. The van der Waals surface area contributed by atoms with Crippen molar-refractivity contribution in [3.05, 3.63) is 0 Å². The molecule has 0 aliphatic carbocycles. The van der Waals surface area contributed by atoms with Gasteiger partial charge in [-0.2, -0.15) is 26.3 Å². The van der Waals surface area contributed by atoms with Crippen molar-refractivity contribution < 1.29 is 35.2 Å². The summed E-state index contributed by atoms with van der Waals surface area (Å²) in [5.74, 6) is 0. The molecule has 0 unspecified atom stereocenters. The molecule has 308 valence electrons. The number of hydrogen-bond acceptors (Lipinski definition) is 2. The summed E-state index contributed by atoms with van der Waals surface area (Å²) in [7, 11) is -3.67. The highest BCUT2D eigenvalue weighted by atomic mass is 28.4. The number of unbranched alkanes of at least 4 members (excludes halogenated alkanes) is 30. The number of halogens is 6. The van der Waals surface area contributed by atoms with Crippen LogP contribution in [-0.2, 0) is 8.85 Å². The molecule has 0 atom stereocenters. The standard InChI is InChI=1S/C42H82F6O2Si/c1-3-5-7-9-11-13-15-17-19-21-23-25-27-29-31-33-37-49-51(39-35-41(43,44)45,40-36-42(46,47)48)50-38-34-32-30-28-26-24-22-20-18-16-14-12-10-8-6-4-2/h3-40H2,1-2H3. The lowest BCUT2D eigenvalue weighted by Crippen LogP contribution is -2.44. The monoisotopic (exact) mass is 761 g/mol. The Kier molecular flexibility index (Phi) is 35.2. The second kappa shape index (κ2) is 35.4. The van der Waals surface area contributed by atoms with Crippen LogP contribution in [0.5, 0.6) is 0 Å². The summed E-state index contributed by atoms with van der Waals surface area (Å²) in [6, 6.07) is -0.936. The zero-order valence-electron chi connectivity index (χ0n) is 33.5. The first-order valence-electron chi connectivity index (χ1n) is 21.9. The SMILES string of the molecule is CCCCCCCCCCCCCCCCCCO[Si](CCC(F)(F)F)(CCC(F)(F)F)OCCCCCCCCCCCCCCCCCC. The van der Waals surface area contributed by atoms with Crippen LogP contribution in [0.15, 0.2) is 0 Å². The molecule has 9 heteroatoms. The molecule has 0 heterocycles. The van der Waals surface area contributed by atoms with Gasteiger partial charge >= 0.3 is 20.9 Å². The van der Waals surface area contributed by atoms with E-state index in [9.17, 15) is 26.3 Å². The van der Waals surface area contributed by atoms with Crippen molar-refractivity contribution in [3.8, 4) is 0 Å². The molecule has 0 saturated heterocycles. The summed E-state index contributed by atoms with van der Waals surface area (Å²) < 4.78 is 91.4. The van der Waals surface area contributed by atoms with Crippen LogP contribution in [0.4, 0.5) is 26.3 Å². The third-order valence-electron chi connectivity index (χ3n) is 10.3. The molecule has 0 aromatic heterocycles. The Morgan fingerprint density at radius 2 is 0.510 bits per heavy atom. The lowest BCUT2D eigenvalue weighted by atomic mass is 10.0. The lowest BCUT2D eigenvalue weighted by Gasteiger charge is -2.32. The van der Waals surface area contributed by atoms with E-state index in [-0.39, 0.29) is 13.2 Å². The Balaban J connectivity index is 4.29. The summed E-state index contributed by atoms with van der Waals surface area (Å²) >= 11 is 0. The molecule has 0 rings (SSSR count). The molecule has 0 aromatic carbocycles. The fourth-order valence-electron chi connectivity index (χ4n) is 6.94. The first kappa shape index (κ1) is 50.7. The van der Waals surface area contributed by atoms with Crippen molar-refractivity contribution in [1.29, 1.82) is 0 Å². The second-order valence-corrected chi connectivity index (χ2v) is 18.8. The van der Waals surface area contributed by atoms with Crippen molar-refractivity contribution in [2.75, 3.05) is 13.2 Å². The maximum absolute atomic E-state index is 13.2. The van der Waals surface area contributed by atoms with Gasteiger partial charge in [0.2, 0.25) is 0 Å². The van der Waals surface area contributed by atoms with Gasteiger partial charge in [0.1, 0.15) is 0 Å². The number of alkyl halides is 6. The maximum atomic E-state index is 13.2. The largest absolute Gasteiger partial charge is 0.394 e. The molecule has 51 heavy (non-hydrogen) atoms. The van der Waals surface area contributed by atoms with E-state index in [0.29, 0.717) is 12.8 Å². The molecule has 0 N–H and O–H groups in total. The smallest absolute Gasteiger partial charge is 0.389 e. The van der Waals surface area contributed by atoms with Gasteiger partial charge in [-0.3, -0.25) is 0 Å². The molecule has 0 aliphatic rings. The minimum Gasteiger partial charge on any atom is -0.394 e. The van der Waals surface area contributed by atoms with E-state index in [1.54, 1.807) is 0 Å². The first-order valence-corrected chi connectivity index (χ1v) is 24.2. The second-order valence-electron chi connectivity index (χ2n) is 15.4. The highest BCUT2D eigenvalue weighted by molar-refractivity contribution is 6.67. The third-order valence-corrected chi connectivity index (χ3v) is 13.8. The highest BCUT2D eigenvalue weighted by Gasteiger charge is 2.44. The van der Waals surface area contributed by atoms with Gasteiger partial charge in [0, 0.05) is 26.1 Å². The van der Waals surface area contributed by atoms with Gasteiger partial charge < -0.3 is 8.85 Å².